The Kier molecular flexibility index (Phi) is 7.28. The Balaban J connectivity index is 2.04. The predicted octanol–water partition coefficient (Wildman–Crippen LogP) is 1.22. The van der Waals surface area contributed by atoms with Crippen LogP contribution in [-0.4, -0.2) is 49.6 Å². The molecule has 4 nitrogen and oxygen atoms in total. The number of hydrogen-bond acceptors (Lipinski definition) is 3. The van der Waals surface area contributed by atoms with Crippen molar-refractivity contribution < 1.29 is 4.79 Å². The maximum Gasteiger partial charge on any atom is 0.233 e. The van der Waals surface area contributed by atoms with Crippen LogP contribution in [0.3, 0.4) is 0 Å². The summed E-state index contributed by atoms with van der Waals surface area (Å²) >= 11 is 0. The van der Waals surface area contributed by atoms with Gasteiger partial charge in [0.05, 0.1) is 6.54 Å². The van der Waals surface area contributed by atoms with Crippen LogP contribution in [-0.2, 0) is 4.79 Å². The zero-order valence-corrected chi connectivity index (χ0v) is 12.2. The van der Waals surface area contributed by atoms with Crippen molar-refractivity contribution in [2.45, 2.75) is 46.1 Å². The van der Waals surface area contributed by atoms with E-state index in [0.717, 1.165) is 26.1 Å². The highest BCUT2D eigenvalue weighted by atomic mass is 16.1. The van der Waals surface area contributed by atoms with Gasteiger partial charge in [-0.15, -0.1) is 0 Å². The molecule has 0 aromatic heterocycles. The van der Waals surface area contributed by atoms with Gasteiger partial charge in [-0.1, -0.05) is 20.8 Å². The minimum absolute atomic E-state index is 0.122. The van der Waals surface area contributed by atoms with Crippen LogP contribution in [0.5, 0.6) is 0 Å². The van der Waals surface area contributed by atoms with Gasteiger partial charge in [0.2, 0.25) is 5.91 Å². The van der Waals surface area contributed by atoms with Crippen LogP contribution < -0.4 is 10.6 Å². The first-order valence-corrected chi connectivity index (χ1v) is 7.35. The summed E-state index contributed by atoms with van der Waals surface area (Å²) in [6.07, 6.45) is 3.61. The van der Waals surface area contributed by atoms with Gasteiger partial charge in [0.1, 0.15) is 0 Å². The third-order valence-corrected chi connectivity index (χ3v) is 3.61. The summed E-state index contributed by atoms with van der Waals surface area (Å²) in [5, 5.41) is 6.23. The molecule has 1 rings (SSSR count). The lowest BCUT2D eigenvalue weighted by atomic mass is 10.1. The molecule has 0 aromatic carbocycles. The van der Waals surface area contributed by atoms with Gasteiger partial charge in [-0.2, -0.15) is 0 Å². The molecule has 0 aliphatic carbocycles. The van der Waals surface area contributed by atoms with Crippen LogP contribution >= 0.6 is 0 Å². The van der Waals surface area contributed by atoms with Crippen molar-refractivity contribution in [1.82, 2.24) is 15.5 Å². The first kappa shape index (κ1) is 15.4. The van der Waals surface area contributed by atoms with E-state index in [2.05, 4.69) is 36.3 Å². The fraction of sp³-hybridized carbons (Fsp3) is 0.929. The van der Waals surface area contributed by atoms with Gasteiger partial charge in [0.15, 0.2) is 0 Å². The lowest BCUT2D eigenvalue weighted by Crippen LogP contribution is -2.42. The summed E-state index contributed by atoms with van der Waals surface area (Å²) in [6.45, 7) is 11.1. The predicted molar refractivity (Wildman–Crippen MR) is 75.6 cm³/mol. The molecule has 0 saturated carbocycles. The lowest BCUT2D eigenvalue weighted by molar-refractivity contribution is -0.120. The first-order valence-electron chi connectivity index (χ1n) is 7.35. The van der Waals surface area contributed by atoms with Crippen LogP contribution in [0, 0.1) is 5.92 Å². The largest absolute Gasteiger partial charge is 0.355 e. The standard InChI is InChI=1S/C14H29N3O/c1-4-17-9-5-6-13(17)10-15-11-14(18)16-8-7-12(2)3/h12-13,15H,4-11H2,1-3H3,(H,16,18). The van der Waals surface area contributed by atoms with E-state index in [1.54, 1.807) is 0 Å². The maximum absolute atomic E-state index is 11.6. The summed E-state index contributed by atoms with van der Waals surface area (Å²) in [5.74, 6) is 0.770. The van der Waals surface area contributed by atoms with Crippen molar-refractivity contribution >= 4 is 5.91 Å². The number of amides is 1. The Bertz CT molecular complexity index is 243. The number of hydrogen-bond donors (Lipinski definition) is 2. The first-order chi connectivity index (χ1) is 8.63. The highest BCUT2D eigenvalue weighted by Crippen LogP contribution is 2.15. The van der Waals surface area contributed by atoms with E-state index in [0.29, 0.717) is 18.5 Å². The Hall–Kier alpha value is -0.610. The van der Waals surface area contributed by atoms with E-state index in [1.807, 2.05) is 0 Å². The van der Waals surface area contributed by atoms with Crippen molar-refractivity contribution in [1.29, 1.82) is 0 Å². The Morgan fingerprint density at radius 3 is 2.89 bits per heavy atom. The summed E-state index contributed by atoms with van der Waals surface area (Å²) in [4.78, 5) is 14.1. The number of nitrogens with zero attached hydrogens (tertiary/aromatic N) is 1. The molecule has 1 atom stereocenters. The number of carbonyl (C=O) groups is 1. The summed E-state index contributed by atoms with van der Waals surface area (Å²) in [5.41, 5.74) is 0. The molecule has 2 N–H and O–H groups in total. The van der Waals surface area contributed by atoms with Gasteiger partial charge >= 0.3 is 0 Å². The van der Waals surface area contributed by atoms with Crippen LogP contribution in [0.4, 0.5) is 0 Å². The summed E-state index contributed by atoms with van der Waals surface area (Å²) in [7, 11) is 0. The monoisotopic (exact) mass is 255 g/mol. The Morgan fingerprint density at radius 1 is 1.44 bits per heavy atom. The molecule has 1 saturated heterocycles. The molecule has 0 radical (unpaired) electrons. The smallest absolute Gasteiger partial charge is 0.233 e. The molecule has 0 spiro atoms. The highest BCUT2D eigenvalue weighted by molar-refractivity contribution is 5.77. The second-order valence-electron chi connectivity index (χ2n) is 5.59. The third kappa shape index (κ3) is 5.83. The van der Waals surface area contributed by atoms with Crippen LogP contribution in [0.15, 0.2) is 0 Å². The van der Waals surface area contributed by atoms with Crippen molar-refractivity contribution in [3.05, 3.63) is 0 Å². The van der Waals surface area contributed by atoms with Gasteiger partial charge in [0.25, 0.3) is 0 Å². The third-order valence-electron chi connectivity index (χ3n) is 3.61. The number of likely N-dealkylation sites (tertiary alicyclic amines) is 1. The number of likely N-dealkylation sites (N-methyl/N-ethyl adjacent to an activating group) is 1. The average Bonchev–Trinajstić information content (AvgIpc) is 2.76. The zero-order chi connectivity index (χ0) is 13.4. The van der Waals surface area contributed by atoms with Crippen molar-refractivity contribution in [2.75, 3.05) is 32.7 Å². The molecule has 4 heteroatoms. The Morgan fingerprint density at radius 2 is 2.22 bits per heavy atom. The fourth-order valence-corrected chi connectivity index (χ4v) is 2.46. The van der Waals surface area contributed by atoms with E-state index in [4.69, 9.17) is 0 Å². The topological polar surface area (TPSA) is 44.4 Å². The molecule has 1 heterocycles. The molecular weight excluding hydrogens is 226 g/mol. The zero-order valence-electron chi connectivity index (χ0n) is 12.2. The molecule has 0 bridgehead atoms. The van der Waals surface area contributed by atoms with Crippen LogP contribution in [0.25, 0.3) is 0 Å². The number of carbonyl (C=O) groups excluding carboxylic acids is 1. The van der Waals surface area contributed by atoms with Crippen molar-refractivity contribution in [2.24, 2.45) is 5.92 Å². The minimum Gasteiger partial charge on any atom is -0.355 e. The van der Waals surface area contributed by atoms with E-state index in [9.17, 15) is 4.79 Å². The molecule has 1 aliphatic heterocycles. The van der Waals surface area contributed by atoms with E-state index in [-0.39, 0.29) is 5.91 Å². The second-order valence-corrected chi connectivity index (χ2v) is 5.59. The van der Waals surface area contributed by atoms with E-state index >= 15 is 0 Å². The van der Waals surface area contributed by atoms with Gasteiger partial charge in [-0.25, -0.2) is 0 Å². The molecule has 1 amide bonds. The second kappa shape index (κ2) is 8.48. The quantitative estimate of drug-likeness (QED) is 0.685. The summed E-state index contributed by atoms with van der Waals surface area (Å²) < 4.78 is 0. The molecule has 106 valence electrons. The van der Waals surface area contributed by atoms with E-state index in [1.165, 1.54) is 19.4 Å². The lowest BCUT2D eigenvalue weighted by Gasteiger charge is -2.22. The number of nitrogens with one attached hydrogen (secondary N) is 2. The van der Waals surface area contributed by atoms with Gasteiger partial charge in [-0.05, 0) is 38.3 Å². The normalized spacial score (nSPS) is 20.6. The highest BCUT2D eigenvalue weighted by Gasteiger charge is 2.22. The Labute approximate surface area is 111 Å². The average molecular weight is 255 g/mol. The number of rotatable bonds is 8. The van der Waals surface area contributed by atoms with Crippen molar-refractivity contribution in [3.8, 4) is 0 Å². The SMILES string of the molecule is CCN1CCCC1CNCC(=O)NCCC(C)C. The van der Waals surface area contributed by atoms with Gasteiger partial charge < -0.3 is 10.6 Å². The van der Waals surface area contributed by atoms with Crippen LogP contribution in [0.2, 0.25) is 0 Å². The molecular formula is C14H29N3O. The van der Waals surface area contributed by atoms with Gasteiger partial charge in [-0.3, -0.25) is 9.69 Å². The fourth-order valence-electron chi connectivity index (χ4n) is 2.46. The molecule has 1 fully saturated rings. The van der Waals surface area contributed by atoms with Crippen LogP contribution in [0.1, 0.15) is 40.0 Å². The molecule has 0 aromatic rings. The molecule has 1 aliphatic rings. The maximum atomic E-state index is 11.6. The summed E-state index contributed by atoms with van der Waals surface area (Å²) in [6, 6.07) is 0.624. The van der Waals surface area contributed by atoms with E-state index < -0.39 is 0 Å². The van der Waals surface area contributed by atoms with Crippen molar-refractivity contribution in [3.63, 3.8) is 0 Å². The minimum atomic E-state index is 0.122. The molecule has 1 unspecified atom stereocenters. The molecule has 18 heavy (non-hydrogen) atoms. The van der Waals surface area contributed by atoms with Gasteiger partial charge in [0, 0.05) is 19.1 Å².